The van der Waals surface area contributed by atoms with Crippen LogP contribution in [-0.2, 0) is 11.3 Å². The van der Waals surface area contributed by atoms with Crippen molar-refractivity contribution in [2.75, 3.05) is 5.32 Å². The van der Waals surface area contributed by atoms with Crippen molar-refractivity contribution in [1.82, 2.24) is 4.57 Å². The minimum Gasteiger partial charge on any atom is -0.338 e. The number of amides is 1. The molecule has 0 spiro atoms. The number of benzene rings is 2. The van der Waals surface area contributed by atoms with Gasteiger partial charge in [-0.3, -0.25) is 14.9 Å². The molecule has 2 aromatic carbocycles. The van der Waals surface area contributed by atoms with Crippen LogP contribution in [0.25, 0.3) is 10.9 Å². The van der Waals surface area contributed by atoms with Gasteiger partial charge in [0, 0.05) is 39.4 Å². The van der Waals surface area contributed by atoms with Crippen LogP contribution in [0.3, 0.4) is 0 Å². The smallest absolute Gasteiger partial charge is 0.269 e. The van der Waals surface area contributed by atoms with E-state index in [4.69, 9.17) is 0 Å². The van der Waals surface area contributed by atoms with Crippen LogP contribution in [0.1, 0.15) is 0 Å². The molecule has 0 saturated carbocycles. The molecule has 1 N–H and O–H groups in total. The maximum absolute atomic E-state index is 12.1. The minimum absolute atomic E-state index is 0.00928. The molecule has 0 radical (unpaired) electrons. The van der Waals surface area contributed by atoms with Crippen molar-refractivity contribution in [2.45, 2.75) is 6.54 Å². The van der Waals surface area contributed by atoms with E-state index in [9.17, 15) is 14.9 Å². The van der Waals surface area contributed by atoms with Gasteiger partial charge in [-0.1, -0.05) is 15.9 Å². The second-order valence-electron chi connectivity index (χ2n) is 5.00. The van der Waals surface area contributed by atoms with Crippen LogP contribution < -0.4 is 5.32 Å². The molecule has 23 heavy (non-hydrogen) atoms. The summed E-state index contributed by atoms with van der Waals surface area (Å²) in [6.45, 7) is 0.169. The Hall–Kier alpha value is -2.67. The molecule has 7 heteroatoms. The lowest BCUT2D eigenvalue weighted by molar-refractivity contribution is -0.384. The number of carbonyl (C=O) groups is 1. The third-order valence-electron chi connectivity index (χ3n) is 3.41. The summed E-state index contributed by atoms with van der Waals surface area (Å²) in [7, 11) is 0. The van der Waals surface area contributed by atoms with E-state index >= 15 is 0 Å². The van der Waals surface area contributed by atoms with Gasteiger partial charge in [0.25, 0.3) is 5.69 Å². The monoisotopic (exact) mass is 373 g/mol. The standard InChI is InChI=1S/C16H12BrN3O3/c17-12-1-6-15-11(9-12)7-8-19(15)10-16(21)18-13-2-4-14(5-3-13)20(22)23/h1-9H,10H2,(H,18,21). The number of anilines is 1. The van der Waals surface area contributed by atoms with E-state index in [-0.39, 0.29) is 18.1 Å². The zero-order valence-corrected chi connectivity index (χ0v) is 13.5. The van der Waals surface area contributed by atoms with E-state index < -0.39 is 4.92 Å². The van der Waals surface area contributed by atoms with E-state index in [1.54, 1.807) is 0 Å². The van der Waals surface area contributed by atoms with Gasteiger partial charge in [-0.05, 0) is 36.4 Å². The van der Waals surface area contributed by atoms with Crippen molar-refractivity contribution in [2.24, 2.45) is 0 Å². The van der Waals surface area contributed by atoms with Gasteiger partial charge in [0.1, 0.15) is 6.54 Å². The number of carbonyl (C=O) groups excluding carboxylic acids is 1. The van der Waals surface area contributed by atoms with Crippen molar-refractivity contribution in [3.63, 3.8) is 0 Å². The van der Waals surface area contributed by atoms with Crippen LogP contribution in [0.5, 0.6) is 0 Å². The van der Waals surface area contributed by atoms with Gasteiger partial charge in [-0.15, -0.1) is 0 Å². The van der Waals surface area contributed by atoms with E-state index in [2.05, 4.69) is 21.2 Å². The lowest BCUT2D eigenvalue weighted by atomic mass is 10.2. The number of hydrogen-bond donors (Lipinski definition) is 1. The molecule has 3 aromatic rings. The molecule has 0 aliphatic carbocycles. The number of nitrogens with one attached hydrogen (secondary N) is 1. The fourth-order valence-corrected chi connectivity index (χ4v) is 2.71. The molecular formula is C16H12BrN3O3. The number of non-ortho nitro benzene ring substituents is 1. The first-order chi connectivity index (χ1) is 11.0. The Morgan fingerprint density at radius 1 is 1.17 bits per heavy atom. The molecule has 0 saturated heterocycles. The van der Waals surface area contributed by atoms with Crippen LogP contribution in [0.2, 0.25) is 0 Å². The second kappa shape index (κ2) is 6.21. The van der Waals surface area contributed by atoms with Gasteiger partial charge in [-0.2, -0.15) is 0 Å². The van der Waals surface area contributed by atoms with Crippen molar-refractivity contribution in [3.8, 4) is 0 Å². The Morgan fingerprint density at radius 3 is 2.61 bits per heavy atom. The minimum atomic E-state index is -0.476. The van der Waals surface area contributed by atoms with Crippen molar-refractivity contribution in [3.05, 3.63) is 69.3 Å². The zero-order valence-electron chi connectivity index (χ0n) is 11.9. The normalized spacial score (nSPS) is 10.7. The first-order valence-electron chi connectivity index (χ1n) is 6.81. The van der Waals surface area contributed by atoms with Crippen molar-refractivity contribution < 1.29 is 9.72 Å². The molecule has 1 heterocycles. The number of halogens is 1. The largest absolute Gasteiger partial charge is 0.338 e. The highest BCUT2D eigenvalue weighted by Gasteiger charge is 2.09. The van der Waals surface area contributed by atoms with E-state index in [0.29, 0.717) is 5.69 Å². The lowest BCUT2D eigenvalue weighted by Gasteiger charge is -2.07. The van der Waals surface area contributed by atoms with Gasteiger partial charge in [0.05, 0.1) is 4.92 Å². The van der Waals surface area contributed by atoms with Gasteiger partial charge in [-0.25, -0.2) is 0 Å². The van der Waals surface area contributed by atoms with Gasteiger partial charge in [0.2, 0.25) is 5.91 Å². The highest BCUT2D eigenvalue weighted by atomic mass is 79.9. The number of nitro groups is 1. The van der Waals surface area contributed by atoms with Crippen LogP contribution in [0.4, 0.5) is 11.4 Å². The van der Waals surface area contributed by atoms with E-state index in [0.717, 1.165) is 15.4 Å². The van der Waals surface area contributed by atoms with E-state index in [1.807, 2.05) is 35.0 Å². The molecule has 0 fully saturated rings. The molecule has 116 valence electrons. The Morgan fingerprint density at radius 2 is 1.91 bits per heavy atom. The predicted octanol–water partition coefficient (Wildman–Crippen LogP) is 3.95. The number of aromatic nitrogens is 1. The first-order valence-corrected chi connectivity index (χ1v) is 7.61. The van der Waals surface area contributed by atoms with Crippen LogP contribution in [-0.4, -0.2) is 15.4 Å². The molecule has 6 nitrogen and oxygen atoms in total. The van der Waals surface area contributed by atoms with Crippen molar-refractivity contribution in [1.29, 1.82) is 0 Å². The summed E-state index contributed by atoms with van der Waals surface area (Å²) in [6.07, 6.45) is 1.85. The van der Waals surface area contributed by atoms with Gasteiger partial charge >= 0.3 is 0 Å². The van der Waals surface area contributed by atoms with Gasteiger partial charge in [0.15, 0.2) is 0 Å². The van der Waals surface area contributed by atoms with Crippen LogP contribution in [0.15, 0.2) is 59.2 Å². The second-order valence-corrected chi connectivity index (χ2v) is 5.91. The third kappa shape index (κ3) is 3.40. The average Bonchev–Trinajstić information content (AvgIpc) is 2.89. The SMILES string of the molecule is O=C(Cn1ccc2cc(Br)ccc21)Nc1ccc([N+](=O)[O-])cc1. The quantitative estimate of drug-likeness (QED) is 0.555. The maximum Gasteiger partial charge on any atom is 0.269 e. The molecule has 0 atom stereocenters. The molecule has 0 unspecified atom stereocenters. The molecule has 0 aliphatic heterocycles. The summed E-state index contributed by atoms with van der Waals surface area (Å²) in [5, 5.41) is 14.4. The Balaban J connectivity index is 1.72. The lowest BCUT2D eigenvalue weighted by Crippen LogP contribution is -2.18. The number of hydrogen-bond acceptors (Lipinski definition) is 3. The highest BCUT2D eigenvalue weighted by Crippen LogP contribution is 2.21. The molecule has 3 rings (SSSR count). The van der Waals surface area contributed by atoms with E-state index in [1.165, 1.54) is 24.3 Å². The fraction of sp³-hybridized carbons (Fsp3) is 0.0625. The molecular weight excluding hydrogens is 362 g/mol. The fourth-order valence-electron chi connectivity index (χ4n) is 2.33. The number of nitrogens with zero attached hydrogens (tertiary/aromatic N) is 2. The summed E-state index contributed by atoms with van der Waals surface area (Å²) >= 11 is 3.42. The van der Waals surface area contributed by atoms with Crippen LogP contribution in [0, 0.1) is 10.1 Å². The Bertz CT molecular complexity index is 887. The zero-order chi connectivity index (χ0) is 16.4. The maximum atomic E-state index is 12.1. The number of fused-ring (bicyclic) bond motifs is 1. The van der Waals surface area contributed by atoms with Crippen molar-refractivity contribution >= 4 is 44.1 Å². The first kappa shape index (κ1) is 15.2. The summed E-state index contributed by atoms with van der Waals surface area (Å²) in [6, 6.07) is 13.5. The summed E-state index contributed by atoms with van der Waals surface area (Å²) in [5.74, 6) is -0.195. The van der Waals surface area contributed by atoms with Gasteiger partial charge < -0.3 is 9.88 Å². The molecule has 1 amide bonds. The van der Waals surface area contributed by atoms with Crippen LogP contribution >= 0.6 is 15.9 Å². The number of rotatable bonds is 4. The number of nitro benzene ring substituents is 1. The molecule has 0 aliphatic rings. The topological polar surface area (TPSA) is 77.2 Å². The predicted molar refractivity (Wildman–Crippen MR) is 91.4 cm³/mol. The molecule has 1 aromatic heterocycles. The highest BCUT2D eigenvalue weighted by molar-refractivity contribution is 9.10. The summed E-state index contributed by atoms with van der Waals surface area (Å²) in [5.41, 5.74) is 1.48. The average molecular weight is 374 g/mol. The summed E-state index contributed by atoms with van der Waals surface area (Å²) < 4.78 is 2.83. The Labute approximate surface area is 140 Å². The molecule has 0 bridgehead atoms. The third-order valence-corrected chi connectivity index (χ3v) is 3.90. The Kier molecular flexibility index (Phi) is 4.12. The summed E-state index contributed by atoms with van der Waals surface area (Å²) in [4.78, 5) is 22.3.